The van der Waals surface area contributed by atoms with Crippen molar-refractivity contribution >= 4 is 23.6 Å². The molecular weight excluding hydrogens is 341 g/mol. The van der Waals surface area contributed by atoms with Crippen molar-refractivity contribution in [2.75, 3.05) is 19.0 Å². The quantitative estimate of drug-likeness (QED) is 0.612. The lowest BCUT2D eigenvalue weighted by Crippen LogP contribution is -2.20. The van der Waals surface area contributed by atoms with E-state index in [1.807, 2.05) is 0 Å². The van der Waals surface area contributed by atoms with Gasteiger partial charge in [0.15, 0.2) is 18.1 Å². The van der Waals surface area contributed by atoms with Gasteiger partial charge in [-0.3, -0.25) is 4.79 Å². The van der Waals surface area contributed by atoms with Crippen LogP contribution in [0.3, 0.4) is 0 Å². The summed E-state index contributed by atoms with van der Waals surface area (Å²) in [7, 11) is 1.41. The zero-order valence-corrected chi connectivity index (χ0v) is 14.3. The molecule has 2 aromatic carbocycles. The van der Waals surface area contributed by atoms with E-state index in [0.717, 1.165) is 11.6 Å². The van der Waals surface area contributed by atoms with Crippen molar-refractivity contribution in [3.8, 4) is 11.5 Å². The van der Waals surface area contributed by atoms with Gasteiger partial charge in [-0.05, 0) is 48.4 Å². The zero-order valence-electron chi connectivity index (χ0n) is 14.3. The van der Waals surface area contributed by atoms with E-state index in [-0.39, 0.29) is 17.2 Å². The Morgan fingerprint density at radius 1 is 1.23 bits per heavy atom. The van der Waals surface area contributed by atoms with Crippen LogP contribution in [0.15, 0.2) is 42.5 Å². The van der Waals surface area contributed by atoms with E-state index < -0.39 is 24.3 Å². The fourth-order valence-electron chi connectivity index (χ4n) is 2.05. The maximum atomic E-state index is 13.6. The van der Waals surface area contributed by atoms with Crippen molar-refractivity contribution in [2.24, 2.45) is 0 Å². The molecule has 2 N–H and O–H groups in total. The highest BCUT2D eigenvalue weighted by atomic mass is 19.1. The van der Waals surface area contributed by atoms with Crippen LogP contribution in [0.5, 0.6) is 11.5 Å². The minimum Gasteiger partial charge on any atom is -0.504 e. The number of carbonyl (C=O) groups is 2. The second-order valence-corrected chi connectivity index (χ2v) is 5.40. The molecule has 0 spiro atoms. The summed E-state index contributed by atoms with van der Waals surface area (Å²) in [5.74, 6) is -1.71. The number of benzene rings is 2. The van der Waals surface area contributed by atoms with Gasteiger partial charge in [-0.15, -0.1) is 0 Å². The Morgan fingerprint density at radius 3 is 2.69 bits per heavy atom. The van der Waals surface area contributed by atoms with Crippen LogP contribution in [0.1, 0.15) is 11.1 Å². The Balaban J connectivity index is 1.87. The third-order valence-corrected chi connectivity index (χ3v) is 3.36. The number of ether oxygens (including phenoxy) is 2. The molecule has 0 saturated carbocycles. The van der Waals surface area contributed by atoms with Crippen molar-refractivity contribution in [3.63, 3.8) is 0 Å². The number of methoxy groups -OCH3 is 1. The molecular formula is C19H18FNO5. The van der Waals surface area contributed by atoms with Crippen LogP contribution in [-0.2, 0) is 14.3 Å². The number of hydrogen-bond donors (Lipinski definition) is 2. The van der Waals surface area contributed by atoms with Gasteiger partial charge in [0.05, 0.1) is 12.8 Å². The van der Waals surface area contributed by atoms with E-state index in [1.54, 1.807) is 19.1 Å². The molecule has 0 bridgehead atoms. The molecule has 0 aliphatic carbocycles. The van der Waals surface area contributed by atoms with Crippen LogP contribution in [0.4, 0.5) is 10.1 Å². The van der Waals surface area contributed by atoms with Crippen LogP contribution in [-0.4, -0.2) is 30.7 Å². The highest BCUT2D eigenvalue weighted by molar-refractivity contribution is 5.94. The summed E-state index contributed by atoms with van der Waals surface area (Å²) >= 11 is 0. The second kappa shape index (κ2) is 8.66. The van der Waals surface area contributed by atoms with Gasteiger partial charge in [0.25, 0.3) is 5.91 Å². The summed E-state index contributed by atoms with van der Waals surface area (Å²) in [6, 6.07) is 8.91. The molecule has 0 saturated heterocycles. The number of phenolic OH excluding ortho intramolecular Hbond substituents is 1. The highest BCUT2D eigenvalue weighted by Crippen LogP contribution is 2.26. The third-order valence-electron chi connectivity index (χ3n) is 3.36. The summed E-state index contributed by atoms with van der Waals surface area (Å²) < 4.78 is 23.4. The Labute approximate surface area is 149 Å². The molecule has 0 aromatic heterocycles. The summed E-state index contributed by atoms with van der Waals surface area (Å²) in [5, 5.41) is 11.8. The molecule has 0 aliphatic rings. The second-order valence-electron chi connectivity index (χ2n) is 5.40. The fraction of sp³-hybridized carbons (Fsp3) is 0.158. The molecule has 0 radical (unpaired) electrons. The summed E-state index contributed by atoms with van der Waals surface area (Å²) in [6.45, 7) is 1.18. The predicted molar refractivity (Wildman–Crippen MR) is 94.4 cm³/mol. The lowest BCUT2D eigenvalue weighted by atomic mass is 10.2. The van der Waals surface area contributed by atoms with Crippen molar-refractivity contribution in [1.29, 1.82) is 0 Å². The zero-order chi connectivity index (χ0) is 19.1. The summed E-state index contributed by atoms with van der Waals surface area (Å²) in [4.78, 5) is 23.4. The molecule has 136 valence electrons. The van der Waals surface area contributed by atoms with Crippen LogP contribution in [0, 0.1) is 12.7 Å². The monoisotopic (exact) mass is 359 g/mol. The number of carbonyl (C=O) groups excluding carboxylic acids is 2. The van der Waals surface area contributed by atoms with Crippen LogP contribution in [0.25, 0.3) is 6.08 Å². The van der Waals surface area contributed by atoms with Crippen molar-refractivity contribution < 1.29 is 28.6 Å². The first kappa shape index (κ1) is 19.0. The predicted octanol–water partition coefficient (Wildman–Crippen LogP) is 3.04. The maximum absolute atomic E-state index is 13.6. The third kappa shape index (κ3) is 5.34. The number of anilines is 1. The van der Waals surface area contributed by atoms with Gasteiger partial charge in [-0.25, -0.2) is 9.18 Å². The number of aryl methyl sites for hydroxylation is 1. The van der Waals surface area contributed by atoms with E-state index in [2.05, 4.69) is 5.32 Å². The van der Waals surface area contributed by atoms with Crippen LogP contribution in [0.2, 0.25) is 0 Å². The Kier molecular flexibility index (Phi) is 6.32. The summed E-state index contributed by atoms with van der Waals surface area (Å²) in [5.41, 5.74) is 1.34. The molecule has 0 unspecified atom stereocenters. The fourth-order valence-corrected chi connectivity index (χ4v) is 2.05. The standard InChI is InChI=1S/C19H18FNO5/c1-12-3-6-15(14(20)9-12)21-18(23)11-26-19(24)8-5-13-4-7-16(22)17(10-13)25-2/h3-10,22H,11H2,1-2H3,(H,21,23)/b8-5+. The van der Waals surface area contributed by atoms with Gasteiger partial charge >= 0.3 is 5.97 Å². The molecule has 7 heteroatoms. The van der Waals surface area contributed by atoms with E-state index >= 15 is 0 Å². The average Bonchev–Trinajstić information content (AvgIpc) is 2.61. The van der Waals surface area contributed by atoms with Gasteiger partial charge in [0, 0.05) is 6.08 Å². The first-order valence-corrected chi connectivity index (χ1v) is 7.67. The smallest absolute Gasteiger partial charge is 0.331 e. The topological polar surface area (TPSA) is 84.9 Å². The largest absolute Gasteiger partial charge is 0.504 e. The van der Waals surface area contributed by atoms with Crippen molar-refractivity contribution in [1.82, 2.24) is 0 Å². The normalized spacial score (nSPS) is 10.6. The highest BCUT2D eigenvalue weighted by Gasteiger charge is 2.09. The lowest BCUT2D eigenvalue weighted by Gasteiger charge is -2.07. The minimum absolute atomic E-state index is 0.0170. The molecule has 2 rings (SSSR count). The van der Waals surface area contributed by atoms with Gasteiger partial charge in [-0.2, -0.15) is 0 Å². The number of nitrogens with one attached hydrogen (secondary N) is 1. The molecule has 6 nitrogen and oxygen atoms in total. The maximum Gasteiger partial charge on any atom is 0.331 e. The number of halogens is 1. The van der Waals surface area contributed by atoms with Gasteiger partial charge in [0.1, 0.15) is 5.82 Å². The molecule has 0 fully saturated rings. The van der Waals surface area contributed by atoms with E-state index in [0.29, 0.717) is 5.56 Å². The SMILES string of the molecule is COc1cc(/C=C/C(=O)OCC(=O)Nc2ccc(C)cc2F)ccc1O. The molecule has 0 atom stereocenters. The number of rotatable bonds is 6. The molecule has 1 amide bonds. The Bertz CT molecular complexity index is 848. The van der Waals surface area contributed by atoms with E-state index in [9.17, 15) is 19.1 Å². The molecule has 0 aliphatic heterocycles. The average molecular weight is 359 g/mol. The number of esters is 1. The van der Waals surface area contributed by atoms with Crippen molar-refractivity contribution in [2.45, 2.75) is 6.92 Å². The van der Waals surface area contributed by atoms with Crippen LogP contribution < -0.4 is 10.1 Å². The first-order chi connectivity index (χ1) is 12.4. The number of aromatic hydroxyl groups is 1. The Hall–Kier alpha value is -3.35. The van der Waals surface area contributed by atoms with E-state index in [1.165, 1.54) is 37.5 Å². The number of hydrogen-bond acceptors (Lipinski definition) is 5. The van der Waals surface area contributed by atoms with Gasteiger partial charge < -0.3 is 19.9 Å². The number of amides is 1. The van der Waals surface area contributed by atoms with Crippen LogP contribution >= 0.6 is 0 Å². The minimum atomic E-state index is -0.739. The number of phenols is 1. The molecule has 2 aromatic rings. The van der Waals surface area contributed by atoms with Crippen molar-refractivity contribution in [3.05, 3.63) is 59.4 Å². The first-order valence-electron chi connectivity index (χ1n) is 7.67. The van der Waals surface area contributed by atoms with Gasteiger partial charge in [-0.1, -0.05) is 12.1 Å². The Morgan fingerprint density at radius 2 is 2.00 bits per heavy atom. The summed E-state index contributed by atoms with van der Waals surface area (Å²) in [6.07, 6.45) is 2.58. The molecule has 26 heavy (non-hydrogen) atoms. The molecule has 0 heterocycles. The van der Waals surface area contributed by atoms with Gasteiger partial charge in [0.2, 0.25) is 0 Å². The van der Waals surface area contributed by atoms with E-state index in [4.69, 9.17) is 9.47 Å². The lowest BCUT2D eigenvalue weighted by molar-refractivity contribution is -0.142.